The molecule has 1 saturated heterocycles. The van der Waals surface area contributed by atoms with Crippen molar-refractivity contribution in [3.63, 3.8) is 0 Å². The summed E-state index contributed by atoms with van der Waals surface area (Å²) >= 11 is 0. The normalized spacial score (nSPS) is 16.1. The molecule has 178 valence electrons. The molecule has 5 heteroatoms. The molecule has 34 heavy (non-hydrogen) atoms. The second-order valence-electron chi connectivity index (χ2n) is 9.18. The molecule has 3 aromatic rings. The van der Waals surface area contributed by atoms with Crippen LogP contribution in [0.5, 0.6) is 0 Å². The minimum absolute atomic E-state index is 0.179. The first-order valence-corrected chi connectivity index (χ1v) is 12.0. The van der Waals surface area contributed by atoms with Crippen LogP contribution in [-0.4, -0.2) is 50.7 Å². The topological polar surface area (TPSA) is 32.8 Å². The van der Waals surface area contributed by atoms with Crippen molar-refractivity contribution >= 4 is 11.7 Å². The van der Waals surface area contributed by atoms with Crippen LogP contribution in [0.15, 0.2) is 78.9 Å². The minimum atomic E-state index is -0.630. The van der Waals surface area contributed by atoms with Crippen molar-refractivity contribution < 1.29 is 13.9 Å². The van der Waals surface area contributed by atoms with Gasteiger partial charge < -0.3 is 9.64 Å². The molecular weight excluding hydrogens is 427 g/mol. The van der Waals surface area contributed by atoms with Crippen LogP contribution < -0.4 is 4.90 Å². The van der Waals surface area contributed by atoms with E-state index in [2.05, 4.69) is 21.9 Å². The van der Waals surface area contributed by atoms with Gasteiger partial charge in [0.2, 0.25) is 0 Å². The molecule has 1 aliphatic heterocycles. The molecule has 0 radical (unpaired) electrons. The average molecular weight is 461 g/mol. The lowest BCUT2D eigenvalue weighted by atomic mass is 9.78. The van der Waals surface area contributed by atoms with E-state index in [1.807, 2.05) is 55.5 Å². The van der Waals surface area contributed by atoms with Gasteiger partial charge in [0.15, 0.2) is 0 Å². The number of methoxy groups -OCH3 is 1. The quantitative estimate of drug-likeness (QED) is 0.414. The lowest BCUT2D eigenvalue weighted by Gasteiger charge is -2.37. The van der Waals surface area contributed by atoms with Gasteiger partial charge in [-0.05, 0) is 67.3 Å². The molecule has 0 bridgehead atoms. The van der Waals surface area contributed by atoms with E-state index in [1.54, 1.807) is 12.1 Å². The van der Waals surface area contributed by atoms with E-state index in [4.69, 9.17) is 4.74 Å². The van der Waals surface area contributed by atoms with Crippen LogP contribution in [0.4, 0.5) is 10.1 Å². The Morgan fingerprint density at radius 1 is 0.912 bits per heavy atom. The van der Waals surface area contributed by atoms with Gasteiger partial charge in [0.25, 0.3) is 0 Å². The molecule has 4 nitrogen and oxygen atoms in total. The third kappa shape index (κ3) is 5.48. The van der Waals surface area contributed by atoms with Gasteiger partial charge in [0.1, 0.15) is 5.82 Å². The fourth-order valence-electron chi connectivity index (χ4n) is 4.83. The maximum Gasteiger partial charge on any atom is 0.315 e. The minimum Gasteiger partial charge on any atom is -0.468 e. The highest BCUT2D eigenvalue weighted by molar-refractivity contribution is 5.82. The van der Waals surface area contributed by atoms with E-state index in [0.29, 0.717) is 0 Å². The summed E-state index contributed by atoms with van der Waals surface area (Å²) in [6.07, 6.45) is 1.68. The van der Waals surface area contributed by atoms with Crippen molar-refractivity contribution in [1.82, 2.24) is 4.90 Å². The molecule has 0 aromatic heterocycles. The Balaban J connectivity index is 1.32. The average Bonchev–Trinajstić information content (AvgIpc) is 2.89. The van der Waals surface area contributed by atoms with Gasteiger partial charge in [-0.15, -0.1) is 0 Å². The van der Waals surface area contributed by atoms with Gasteiger partial charge in [-0.1, -0.05) is 54.6 Å². The number of piperazine rings is 1. The number of rotatable bonds is 8. The second kappa shape index (κ2) is 10.8. The van der Waals surface area contributed by atoms with E-state index >= 15 is 0 Å². The predicted octanol–water partition coefficient (Wildman–Crippen LogP) is 5.53. The fraction of sp³-hybridized carbons (Fsp3) is 0.345. The zero-order valence-corrected chi connectivity index (χ0v) is 20.0. The van der Waals surface area contributed by atoms with E-state index in [-0.39, 0.29) is 11.8 Å². The summed E-state index contributed by atoms with van der Waals surface area (Å²) < 4.78 is 18.8. The Kier molecular flexibility index (Phi) is 7.63. The van der Waals surface area contributed by atoms with Gasteiger partial charge >= 0.3 is 5.97 Å². The Morgan fingerprint density at radius 2 is 1.59 bits per heavy atom. The number of carbonyl (C=O) groups excluding carboxylic acids is 1. The third-order valence-corrected chi connectivity index (χ3v) is 6.94. The van der Waals surface area contributed by atoms with Gasteiger partial charge in [0, 0.05) is 31.9 Å². The van der Waals surface area contributed by atoms with Crippen LogP contribution in [0, 0.1) is 5.82 Å². The van der Waals surface area contributed by atoms with Crippen LogP contribution >= 0.6 is 0 Å². The Morgan fingerprint density at radius 3 is 2.26 bits per heavy atom. The standard InChI is InChI=1S/C29H33FN2O2/c1-29(28(33)34-2,25-11-4-3-5-12-25)15-8-16-31-17-19-32(20-18-31)27-14-7-10-24(22-27)23-9-6-13-26(30)21-23/h3-7,9-14,21-22H,8,15-20H2,1-2H3. The molecular formula is C29H33FN2O2. The Hall–Kier alpha value is -3.18. The smallest absolute Gasteiger partial charge is 0.315 e. The number of nitrogens with zero attached hydrogens (tertiary/aromatic N) is 2. The lowest BCUT2D eigenvalue weighted by molar-refractivity contribution is -0.147. The zero-order chi connectivity index (χ0) is 24.0. The van der Waals surface area contributed by atoms with Gasteiger partial charge in [-0.2, -0.15) is 0 Å². The fourth-order valence-corrected chi connectivity index (χ4v) is 4.83. The molecule has 0 amide bonds. The van der Waals surface area contributed by atoms with E-state index < -0.39 is 5.41 Å². The maximum absolute atomic E-state index is 13.6. The van der Waals surface area contributed by atoms with Gasteiger partial charge in [-0.25, -0.2) is 4.39 Å². The van der Waals surface area contributed by atoms with Crippen LogP contribution in [-0.2, 0) is 14.9 Å². The molecule has 0 N–H and O–H groups in total. The summed E-state index contributed by atoms with van der Waals surface area (Å²) in [5, 5.41) is 0. The second-order valence-corrected chi connectivity index (χ2v) is 9.18. The van der Waals surface area contributed by atoms with Crippen molar-refractivity contribution in [2.75, 3.05) is 44.7 Å². The molecule has 0 aliphatic carbocycles. The molecule has 3 aromatic carbocycles. The number of ether oxygens (including phenoxy) is 1. The summed E-state index contributed by atoms with van der Waals surface area (Å²) in [7, 11) is 1.46. The number of esters is 1. The lowest BCUT2D eigenvalue weighted by Crippen LogP contribution is -2.47. The van der Waals surface area contributed by atoms with E-state index in [9.17, 15) is 9.18 Å². The maximum atomic E-state index is 13.6. The predicted molar refractivity (Wildman–Crippen MR) is 136 cm³/mol. The number of anilines is 1. The molecule has 1 unspecified atom stereocenters. The molecule has 4 rings (SSSR count). The molecule has 1 heterocycles. The summed E-state index contributed by atoms with van der Waals surface area (Å²) in [5.74, 6) is -0.395. The molecule has 1 fully saturated rings. The number of benzene rings is 3. The molecule has 1 atom stereocenters. The van der Waals surface area contributed by atoms with Crippen LogP contribution in [0.2, 0.25) is 0 Å². The SMILES string of the molecule is COC(=O)C(C)(CCCN1CCN(c2cccc(-c3cccc(F)c3)c2)CC1)c1ccccc1. The zero-order valence-electron chi connectivity index (χ0n) is 20.0. The monoisotopic (exact) mass is 460 g/mol. The van der Waals surface area contributed by atoms with Crippen molar-refractivity contribution in [2.45, 2.75) is 25.2 Å². The summed E-state index contributed by atoms with van der Waals surface area (Å²) in [6, 6.07) is 25.0. The van der Waals surface area contributed by atoms with Gasteiger partial charge in [-0.3, -0.25) is 9.69 Å². The van der Waals surface area contributed by atoms with Crippen LogP contribution in [0.3, 0.4) is 0 Å². The van der Waals surface area contributed by atoms with E-state index in [1.165, 1.54) is 18.9 Å². The first kappa shape index (κ1) is 24.0. The first-order chi connectivity index (χ1) is 16.5. The van der Waals surface area contributed by atoms with E-state index in [0.717, 1.165) is 62.3 Å². The first-order valence-electron chi connectivity index (χ1n) is 12.0. The van der Waals surface area contributed by atoms with Crippen molar-refractivity contribution in [3.8, 4) is 11.1 Å². The summed E-state index contributed by atoms with van der Waals surface area (Å²) in [6.45, 7) is 6.78. The highest BCUT2D eigenvalue weighted by Gasteiger charge is 2.36. The van der Waals surface area contributed by atoms with Gasteiger partial charge in [0.05, 0.1) is 12.5 Å². The number of halogens is 1. The van der Waals surface area contributed by atoms with Crippen molar-refractivity contribution in [1.29, 1.82) is 0 Å². The number of hydrogen-bond donors (Lipinski definition) is 0. The Labute approximate surface area is 202 Å². The molecule has 0 spiro atoms. The summed E-state index contributed by atoms with van der Waals surface area (Å²) in [4.78, 5) is 17.5. The van der Waals surface area contributed by atoms with Crippen molar-refractivity contribution in [2.24, 2.45) is 0 Å². The Bertz CT molecular complexity index is 1100. The highest BCUT2D eigenvalue weighted by Crippen LogP contribution is 2.31. The molecule has 1 aliphatic rings. The number of hydrogen-bond acceptors (Lipinski definition) is 4. The van der Waals surface area contributed by atoms with Crippen LogP contribution in [0.1, 0.15) is 25.3 Å². The third-order valence-electron chi connectivity index (χ3n) is 6.94. The van der Waals surface area contributed by atoms with Crippen LogP contribution in [0.25, 0.3) is 11.1 Å². The molecule has 0 saturated carbocycles. The summed E-state index contributed by atoms with van der Waals surface area (Å²) in [5.41, 5.74) is 3.47. The highest BCUT2D eigenvalue weighted by atomic mass is 19.1. The van der Waals surface area contributed by atoms with Crippen molar-refractivity contribution in [3.05, 3.63) is 90.2 Å². The largest absolute Gasteiger partial charge is 0.468 e. The number of carbonyl (C=O) groups is 1.